The fourth-order valence-corrected chi connectivity index (χ4v) is 3.51. The third kappa shape index (κ3) is 4.55. The summed E-state index contributed by atoms with van der Waals surface area (Å²) in [7, 11) is 0. The van der Waals surface area contributed by atoms with Gasteiger partial charge >= 0.3 is 0 Å². The first-order chi connectivity index (χ1) is 14.9. The maximum Gasteiger partial charge on any atom is 0.258 e. The molecule has 4 rings (SSSR count). The summed E-state index contributed by atoms with van der Waals surface area (Å²) < 4.78 is 6.76. The van der Waals surface area contributed by atoms with Crippen LogP contribution in [0.4, 0.5) is 5.82 Å². The normalized spacial score (nSPS) is 10.9. The van der Waals surface area contributed by atoms with Gasteiger partial charge in [0.25, 0.3) is 11.5 Å². The number of amides is 1. The zero-order valence-electron chi connectivity index (χ0n) is 16.4. The van der Waals surface area contributed by atoms with Gasteiger partial charge in [-0.1, -0.05) is 36.5 Å². The summed E-state index contributed by atoms with van der Waals surface area (Å²) in [4.78, 5) is 32.2. The Labute approximate surface area is 186 Å². The predicted octanol–water partition coefficient (Wildman–Crippen LogP) is 4.73. The molecule has 0 aliphatic carbocycles. The van der Waals surface area contributed by atoms with Crippen molar-refractivity contribution >= 4 is 34.9 Å². The minimum atomic E-state index is -0.471. The molecule has 0 fully saturated rings. The van der Waals surface area contributed by atoms with Gasteiger partial charge in [-0.25, -0.2) is 4.98 Å². The molecule has 3 heterocycles. The summed E-state index contributed by atoms with van der Waals surface area (Å²) in [5.41, 5.74) is 0.987. The monoisotopic (exact) mass is 457 g/mol. The molecule has 0 saturated carbocycles. The first-order valence-corrected chi connectivity index (χ1v) is 10.2. The van der Waals surface area contributed by atoms with Gasteiger partial charge in [0.05, 0.1) is 16.8 Å². The fraction of sp³-hybridized carbons (Fsp3) is 0.143. The van der Waals surface area contributed by atoms with E-state index in [-0.39, 0.29) is 27.9 Å². The van der Waals surface area contributed by atoms with Gasteiger partial charge in [0.2, 0.25) is 5.95 Å². The van der Waals surface area contributed by atoms with Crippen LogP contribution in [0.1, 0.15) is 29.4 Å². The number of H-pyrrole nitrogens is 1. The average Bonchev–Trinajstić information content (AvgIpc) is 3.37. The van der Waals surface area contributed by atoms with Crippen LogP contribution in [0.15, 0.2) is 57.9 Å². The smallest absolute Gasteiger partial charge is 0.258 e. The van der Waals surface area contributed by atoms with Crippen molar-refractivity contribution in [3.8, 4) is 17.4 Å². The van der Waals surface area contributed by atoms with Crippen molar-refractivity contribution in [2.75, 3.05) is 5.32 Å². The molecule has 0 atom stereocenters. The second kappa shape index (κ2) is 8.79. The summed E-state index contributed by atoms with van der Waals surface area (Å²) in [6.45, 7) is 1.99. The Bertz CT molecular complexity index is 1290. The molecule has 4 aromatic rings. The molecule has 0 unspecified atom stereocenters. The highest BCUT2D eigenvalue weighted by Crippen LogP contribution is 2.26. The van der Waals surface area contributed by atoms with Gasteiger partial charge < -0.3 is 9.73 Å². The quantitative estimate of drug-likeness (QED) is 0.435. The van der Waals surface area contributed by atoms with Gasteiger partial charge in [-0.15, -0.1) is 0 Å². The van der Waals surface area contributed by atoms with Crippen molar-refractivity contribution in [1.82, 2.24) is 19.7 Å². The van der Waals surface area contributed by atoms with Crippen LogP contribution in [-0.4, -0.2) is 25.7 Å². The summed E-state index contributed by atoms with van der Waals surface area (Å²) in [5, 5.41) is 7.86. The Hall–Kier alpha value is -3.36. The number of carbonyl (C=O) groups excluding carboxylic acids is 1. The Morgan fingerprint density at radius 1 is 1.23 bits per heavy atom. The van der Waals surface area contributed by atoms with Crippen LogP contribution in [0.25, 0.3) is 17.4 Å². The summed E-state index contributed by atoms with van der Waals surface area (Å²) >= 11 is 12.1. The van der Waals surface area contributed by atoms with E-state index in [1.54, 1.807) is 24.3 Å². The number of benzene rings is 1. The number of nitrogens with one attached hydrogen (secondary N) is 2. The van der Waals surface area contributed by atoms with Gasteiger partial charge in [0, 0.05) is 22.8 Å². The number of hydrogen-bond donors (Lipinski definition) is 2. The van der Waals surface area contributed by atoms with Gasteiger partial charge in [0.15, 0.2) is 5.76 Å². The first kappa shape index (κ1) is 20.9. The van der Waals surface area contributed by atoms with Crippen LogP contribution in [0.3, 0.4) is 0 Å². The molecular weight excluding hydrogens is 441 g/mol. The van der Waals surface area contributed by atoms with Crippen molar-refractivity contribution in [1.29, 1.82) is 0 Å². The minimum absolute atomic E-state index is 0.172. The number of carbonyl (C=O) groups is 1. The standard InChI is InChI=1S/C21H17Cl2N5O3/c1-2-4-13-10-19(29)26-21(24-13)28-18(11-16(27-28)17-5-3-8-31-17)25-20(30)14-7-6-12(22)9-15(14)23/h3,5-11H,2,4H2,1H3,(H,25,30)(H,24,26,29). The fourth-order valence-electron chi connectivity index (χ4n) is 3.01. The van der Waals surface area contributed by atoms with Gasteiger partial charge in [-0.2, -0.15) is 9.78 Å². The number of halogens is 2. The van der Waals surface area contributed by atoms with Gasteiger partial charge in [-0.05, 0) is 36.8 Å². The molecule has 1 amide bonds. The average molecular weight is 458 g/mol. The lowest BCUT2D eigenvalue weighted by Crippen LogP contribution is -2.19. The predicted molar refractivity (Wildman–Crippen MR) is 118 cm³/mol. The molecule has 0 spiro atoms. The van der Waals surface area contributed by atoms with E-state index < -0.39 is 5.91 Å². The second-order valence-electron chi connectivity index (χ2n) is 6.69. The molecule has 2 N–H and O–H groups in total. The Balaban J connectivity index is 1.78. The van der Waals surface area contributed by atoms with Crippen molar-refractivity contribution in [3.05, 3.63) is 80.4 Å². The number of aryl methyl sites for hydroxylation is 1. The van der Waals surface area contributed by atoms with E-state index in [1.807, 2.05) is 6.92 Å². The van der Waals surface area contributed by atoms with Gasteiger partial charge in [-0.3, -0.25) is 14.6 Å². The van der Waals surface area contributed by atoms with E-state index in [0.717, 1.165) is 6.42 Å². The highest BCUT2D eigenvalue weighted by molar-refractivity contribution is 6.37. The summed E-state index contributed by atoms with van der Waals surface area (Å²) in [6.07, 6.45) is 2.97. The summed E-state index contributed by atoms with van der Waals surface area (Å²) in [5.74, 6) is 0.470. The van der Waals surface area contributed by atoms with Crippen molar-refractivity contribution < 1.29 is 9.21 Å². The number of nitrogens with zero attached hydrogens (tertiary/aromatic N) is 3. The van der Waals surface area contributed by atoms with Crippen LogP contribution in [-0.2, 0) is 6.42 Å². The van der Waals surface area contributed by atoms with E-state index in [1.165, 1.54) is 29.1 Å². The zero-order chi connectivity index (χ0) is 22.0. The van der Waals surface area contributed by atoms with Crippen LogP contribution < -0.4 is 10.9 Å². The Morgan fingerprint density at radius 3 is 2.77 bits per heavy atom. The highest BCUT2D eigenvalue weighted by atomic mass is 35.5. The van der Waals surface area contributed by atoms with Crippen LogP contribution in [0.2, 0.25) is 10.0 Å². The topological polar surface area (TPSA) is 106 Å². The van der Waals surface area contributed by atoms with Crippen molar-refractivity contribution in [2.24, 2.45) is 0 Å². The minimum Gasteiger partial charge on any atom is -0.463 e. The molecule has 0 aliphatic heterocycles. The van der Waals surface area contributed by atoms with Crippen LogP contribution >= 0.6 is 23.2 Å². The Morgan fingerprint density at radius 2 is 2.06 bits per heavy atom. The third-order valence-corrected chi connectivity index (χ3v) is 4.94. The number of anilines is 1. The molecule has 0 radical (unpaired) electrons. The number of furan rings is 1. The van der Waals surface area contributed by atoms with E-state index in [0.29, 0.717) is 28.6 Å². The second-order valence-corrected chi connectivity index (χ2v) is 7.54. The maximum atomic E-state index is 12.9. The van der Waals surface area contributed by atoms with E-state index in [2.05, 4.69) is 20.4 Å². The molecule has 10 heteroatoms. The first-order valence-electron chi connectivity index (χ1n) is 9.45. The maximum absolute atomic E-state index is 12.9. The molecule has 0 aliphatic rings. The van der Waals surface area contributed by atoms with Crippen molar-refractivity contribution in [2.45, 2.75) is 19.8 Å². The Kier molecular flexibility index (Phi) is 5.92. The van der Waals surface area contributed by atoms with Crippen LogP contribution in [0.5, 0.6) is 0 Å². The molecular formula is C21H17Cl2N5O3. The molecule has 0 saturated heterocycles. The van der Waals surface area contributed by atoms with E-state index >= 15 is 0 Å². The van der Waals surface area contributed by atoms with Crippen LogP contribution in [0, 0.1) is 0 Å². The van der Waals surface area contributed by atoms with Crippen molar-refractivity contribution in [3.63, 3.8) is 0 Å². The van der Waals surface area contributed by atoms with Gasteiger partial charge in [0.1, 0.15) is 11.5 Å². The highest BCUT2D eigenvalue weighted by Gasteiger charge is 2.19. The van der Waals surface area contributed by atoms with E-state index in [4.69, 9.17) is 27.6 Å². The number of aromatic nitrogens is 4. The summed E-state index contributed by atoms with van der Waals surface area (Å²) in [6, 6.07) is 11.1. The molecule has 158 valence electrons. The van der Waals surface area contributed by atoms with E-state index in [9.17, 15) is 9.59 Å². The lowest BCUT2D eigenvalue weighted by molar-refractivity contribution is 0.102. The largest absolute Gasteiger partial charge is 0.463 e. The number of rotatable bonds is 6. The zero-order valence-corrected chi connectivity index (χ0v) is 17.9. The number of aromatic amines is 1. The molecule has 1 aromatic carbocycles. The third-order valence-electron chi connectivity index (χ3n) is 4.39. The molecule has 31 heavy (non-hydrogen) atoms. The molecule has 3 aromatic heterocycles. The lowest BCUT2D eigenvalue weighted by atomic mass is 10.2. The SMILES string of the molecule is CCCc1cc(=O)[nH]c(-n2nc(-c3ccco3)cc2NC(=O)c2ccc(Cl)cc2Cl)n1. The number of hydrogen-bond acceptors (Lipinski definition) is 5. The lowest BCUT2D eigenvalue weighted by Gasteiger charge is -2.10. The molecule has 8 nitrogen and oxygen atoms in total. The molecule has 0 bridgehead atoms.